The molecule has 94 valence electrons. The van der Waals surface area contributed by atoms with E-state index in [4.69, 9.17) is 0 Å². The van der Waals surface area contributed by atoms with E-state index in [1.165, 1.54) is 12.1 Å². The van der Waals surface area contributed by atoms with E-state index in [9.17, 15) is 9.18 Å². The lowest BCUT2D eigenvalue weighted by molar-refractivity contribution is 0.101. The summed E-state index contributed by atoms with van der Waals surface area (Å²) < 4.78 is 15.6. The Hall–Kier alpha value is -1.62. The molecule has 3 nitrogen and oxygen atoms in total. The van der Waals surface area contributed by atoms with Gasteiger partial charge in [0.25, 0.3) is 5.91 Å². The van der Waals surface area contributed by atoms with Crippen LogP contribution in [0.25, 0.3) is 0 Å². The highest BCUT2D eigenvalue weighted by Gasteiger charge is 2.12. The van der Waals surface area contributed by atoms with Crippen LogP contribution in [0.15, 0.2) is 41.0 Å². The van der Waals surface area contributed by atoms with Gasteiger partial charge in [-0.25, -0.2) is 4.39 Å². The Morgan fingerprint density at radius 1 is 1.44 bits per heavy atom. The van der Waals surface area contributed by atoms with Gasteiger partial charge in [0.05, 0.1) is 5.69 Å². The number of carbonyl (C=O) groups is 1. The maximum atomic E-state index is 13.1. The van der Waals surface area contributed by atoms with Crippen LogP contribution in [-0.4, -0.2) is 10.5 Å². The van der Waals surface area contributed by atoms with Crippen LogP contribution in [0.4, 0.5) is 10.1 Å². The number of hydrogen-bond acceptors (Lipinski definition) is 1. The number of benzene rings is 1. The first-order chi connectivity index (χ1) is 8.61. The first-order valence-corrected chi connectivity index (χ1v) is 6.32. The van der Waals surface area contributed by atoms with Crippen LogP contribution in [0.2, 0.25) is 0 Å². The highest BCUT2D eigenvalue weighted by atomic mass is 79.9. The van der Waals surface area contributed by atoms with Crippen LogP contribution in [0.1, 0.15) is 17.4 Å². The molecule has 0 bridgehead atoms. The van der Waals surface area contributed by atoms with Crippen molar-refractivity contribution in [3.05, 3.63) is 52.5 Å². The summed E-state index contributed by atoms with van der Waals surface area (Å²) in [6.45, 7) is 2.66. The molecular formula is C13H12BrFN2O. The lowest BCUT2D eigenvalue weighted by Crippen LogP contribution is -2.16. The van der Waals surface area contributed by atoms with Crippen molar-refractivity contribution in [3.8, 4) is 0 Å². The SMILES string of the molecule is CCn1cccc1C(=O)Nc1cc(F)ccc1Br. The van der Waals surface area contributed by atoms with Gasteiger partial charge in [0.2, 0.25) is 0 Å². The van der Waals surface area contributed by atoms with Crippen LogP contribution in [-0.2, 0) is 6.54 Å². The minimum Gasteiger partial charge on any atom is -0.344 e. The van der Waals surface area contributed by atoms with Gasteiger partial charge in [0.15, 0.2) is 0 Å². The van der Waals surface area contributed by atoms with Crippen molar-refractivity contribution in [2.75, 3.05) is 5.32 Å². The average molecular weight is 311 g/mol. The molecule has 0 saturated heterocycles. The average Bonchev–Trinajstić information content (AvgIpc) is 2.82. The molecule has 2 aromatic rings. The molecule has 0 unspecified atom stereocenters. The number of amides is 1. The maximum Gasteiger partial charge on any atom is 0.272 e. The number of hydrogen-bond donors (Lipinski definition) is 1. The smallest absolute Gasteiger partial charge is 0.272 e. The second-order valence-electron chi connectivity index (χ2n) is 3.76. The number of carbonyl (C=O) groups excluding carboxylic acids is 1. The fraction of sp³-hybridized carbons (Fsp3) is 0.154. The zero-order valence-corrected chi connectivity index (χ0v) is 11.4. The van der Waals surface area contributed by atoms with E-state index in [2.05, 4.69) is 21.2 Å². The van der Waals surface area contributed by atoms with Crippen LogP contribution < -0.4 is 5.32 Å². The Bertz CT molecular complexity index is 580. The number of aromatic nitrogens is 1. The van der Waals surface area contributed by atoms with Crippen LogP contribution in [0.5, 0.6) is 0 Å². The molecule has 2 rings (SSSR count). The molecule has 1 amide bonds. The number of nitrogens with one attached hydrogen (secondary N) is 1. The van der Waals surface area contributed by atoms with Crippen molar-refractivity contribution in [1.29, 1.82) is 0 Å². The number of aryl methyl sites for hydroxylation is 1. The van der Waals surface area contributed by atoms with E-state index in [1.807, 2.05) is 17.7 Å². The number of anilines is 1. The summed E-state index contributed by atoms with van der Waals surface area (Å²) in [5, 5.41) is 2.68. The Kier molecular flexibility index (Phi) is 3.81. The van der Waals surface area contributed by atoms with E-state index in [0.29, 0.717) is 22.4 Å². The molecule has 0 radical (unpaired) electrons. The molecule has 0 saturated carbocycles. The van der Waals surface area contributed by atoms with Crippen LogP contribution in [0, 0.1) is 5.82 Å². The van der Waals surface area contributed by atoms with Gasteiger partial charge in [0.1, 0.15) is 11.5 Å². The molecule has 0 spiro atoms. The third kappa shape index (κ3) is 2.61. The number of rotatable bonds is 3. The molecule has 1 heterocycles. The molecular weight excluding hydrogens is 299 g/mol. The highest BCUT2D eigenvalue weighted by Crippen LogP contribution is 2.23. The van der Waals surface area contributed by atoms with Crippen molar-refractivity contribution in [3.63, 3.8) is 0 Å². The predicted octanol–water partition coefficient (Wildman–Crippen LogP) is 3.66. The summed E-state index contributed by atoms with van der Waals surface area (Å²) >= 11 is 3.27. The number of halogens is 2. The van der Waals surface area contributed by atoms with Gasteiger partial charge in [-0.15, -0.1) is 0 Å². The minimum atomic E-state index is -0.389. The Morgan fingerprint density at radius 3 is 2.94 bits per heavy atom. The Labute approximate surface area is 113 Å². The topological polar surface area (TPSA) is 34.0 Å². The van der Waals surface area contributed by atoms with Gasteiger partial charge >= 0.3 is 0 Å². The summed E-state index contributed by atoms with van der Waals surface area (Å²) in [6, 6.07) is 7.70. The van der Waals surface area contributed by atoms with Gasteiger partial charge in [-0.2, -0.15) is 0 Å². The van der Waals surface area contributed by atoms with Crippen molar-refractivity contribution in [1.82, 2.24) is 4.57 Å². The zero-order valence-electron chi connectivity index (χ0n) is 9.78. The molecule has 1 aromatic heterocycles. The second-order valence-corrected chi connectivity index (χ2v) is 4.61. The summed E-state index contributed by atoms with van der Waals surface area (Å²) in [6.07, 6.45) is 1.83. The largest absolute Gasteiger partial charge is 0.344 e. The first kappa shape index (κ1) is 12.8. The third-order valence-electron chi connectivity index (χ3n) is 2.58. The van der Waals surface area contributed by atoms with Gasteiger partial charge in [-0.3, -0.25) is 4.79 Å². The standard InChI is InChI=1S/C13H12BrFN2O/c1-2-17-7-3-4-12(17)13(18)16-11-8-9(15)5-6-10(11)14/h3-8H,2H2,1H3,(H,16,18). The van der Waals surface area contributed by atoms with Gasteiger partial charge in [0, 0.05) is 17.2 Å². The summed E-state index contributed by atoms with van der Waals surface area (Å²) in [5.41, 5.74) is 0.970. The van der Waals surface area contributed by atoms with Gasteiger partial charge in [-0.05, 0) is 53.2 Å². The minimum absolute atomic E-state index is 0.256. The van der Waals surface area contributed by atoms with Gasteiger partial charge in [-0.1, -0.05) is 0 Å². The molecule has 0 aliphatic heterocycles. The van der Waals surface area contributed by atoms with E-state index < -0.39 is 0 Å². The fourth-order valence-electron chi connectivity index (χ4n) is 1.68. The fourth-order valence-corrected chi connectivity index (χ4v) is 2.02. The lowest BCUT2D eigenvalue weighted by Gasteiger charge is -2.09. The third-order valence-corrected chi connectivity index (χ3v) is 3.27. The highest BCUT2D eigenvalue weighted by molar-refractivity contribution is 9.10. The molecule has 0 aliphatic rings. The van der Waals surface area contributed by atoms with E-state index in [-0.39, 0.29) is 11.7 Å². The second kappa shape index (κ2) is 5.35. The Balaban J connectivity index is 2.24. The van der Waals surface area contributed by atoms with E-state index >= 15 is 0 Å². The predicted molar refractivity (Wildman–Crippen MR) is 72.2 cm³/mol. The summed E-state index contributed by atoms with van der Waals surface area (Å²) in [7, 11) is 0. The molecule has 5 heteroatoms. The molecule has 1 N–H and O–H groups in total. The molecule has 0 fully saturated rings. The van der Waals surface area contributed by atoms with Crippen molar-refractivity contribution in [2.45, 2.75) is 13.5 Å². The van der Waals surface area contributed by atoms with Crippen LogP contribution in [0.3, 0.4) is 0 Å². The van der Waals surface area contributed by atoms with E-state index in [0.717, 1.165) is 0 Å². The first-order valence-electron chi connectivity index (χ1n) is 5.53. The number of nitrogens with zero attached hydrogens (tertiary/aromatic N) is 1. The summed E-state index contributed by atoms with van der Waals surface area (Å²) in [5.74, 6) is -0.646. The van der Waals surface area contributed by atoms with Crippen molar-refractivity contribution < 1.29 is 9.18 Å². The van der Waals surface area contributed by atoms with Crippen molar-refractivity contribution >= 4 is 27.5 Å². The van der Waals surface area contributed by atoms with Gasteiger partial charge < -0.3 is 9.88 Å². The summed E-state index contributed by atoms with van der Waals surface area (Å²) in [4.78, 5) is 12.0. The maximum absolute atomic E-state index is 13.1. The Morgan fingerprint density at radius 2 is 2.22 bits per heavy atom. The molecule has 18 heavy (non-hydrogen) atoms. The quantitative estimate of drug-likeness (QED) is 0.922. The lowest BCUT2D eigenvalue weighted by atomic mass is 10.3. The van der Waals surface area contributed by atoms with E-state index in [1.54, 1.807) is 18.2 Å². The zero-order chi connectivity index (χ0) is 13.1. The molecule has 0 atom stereocenters. The van der Waals surface area contributed by atoms with Crippen LogP contribution >= 0.6 is 15.9 Å². The van der Waals surface area contributed by atoms with Crippen molar-refractivity contribution in [2.24, 2.45) is 0 Å². The molecule has 0 aliphatic carbocycles. The molecule has 1 aromatic carbocycles. The normalized spacial score (nSPS) is 10.4. The monoisotopic (exact) mass is 310 g/mol.